The third-order valence-corrected chi connectivity index (χ3v) is 5.07. The summed E-state index contributed by atoms with van der Waals surface area (Å²) in [6.07, 6.45) is 0.296. The average molecular weight is 431 g/mol. The molecule has 0 bridgehead atoms. The van der Waals surface area contributed by atoms with Crippen molar-refractivity contribution < 1.29 is 22.7 Å². The first-order chi connectivity index (χ1) is 14.9. The van der Waals surface area contributed by atoms with E-state index in [1.807, 2.05) is 30.3 Å². The molecule has 4 rings (SSSR count). The monoisotopic (exact) mass is 431 g/mol. The summed E-state index contributed by atoms with van der Waals surface area (Å²) in [5, 5.41) is 11.3. The maximum Gasteiger partial charge on any atom is 0.417 e. The molecule has 0 aliphatic heterocycles. The quantitative estimate of drug-likeness (QED) is 0.665. The molecule has 2 heterocycles. The van der Waals surface area contributed by atoms with E-state index in [4.69, 9.17) is 4.74 Å². The number of carbonyl (C=O) groups excluding carboxylic acids is 1. The van der Waals surface area contributed by atoms with Crippen molar-refractivity contribution >= 4 is 5.91 Å². The van der Waals surface area contributed by atoms with Crippen LogP contribution in [0, 0.1) is 0 Å². The van der Waals surface area contributed by atoms with Crippen LogP contribution in [0.2, 0.25) is 0 Å². The second-order valence-electron chi connectivity index (χ2n) is 7.30. The Hall–Kier alpha value is -3.43. The molecule has 2 aromatic heterocycles. The van der Waals surface area contributed by atoms with Gasteiger partial charge in [0.25, 0.3) is 5.91 Å². The van der Waals surface area contributed by atoms with E-state index in [0.29, 0.717) is 25.7 Å². The topological polar surface area (TPSA) is 81.9 Å². The Balaban J connectivity index is 1.26. The number of carbonyl (C=O) groups is 1. The lowest BCUT2D eigenvalue weighted by molar-refractivity contribution is -0.137. The van der Waals surface area contributed by atoms with E-state index in [1.165, 1.54) is 17.1 Å². The number of halogens is 3. The van der Waals surface area contributed by atoms with Crippen molar-refractivity contribution in [3.05, 3.63) is 66.1 Å². The van der Waals surface area contributed by atoms with E-state index in [0.717, 1.165) is 18.0 Å². The Bertz CT molecular complexity index is 1010. The summed E-state index contributed by atoms with van der Waals surface area (Å²) in [4.78, 5) is 17.6. The maximum atomic E-state index is 12.6. The first kappa shape index (κ1) is 20.8. The van der Waals surface area contributed by atoms with Crippen molar-refractivity contribution in [2.24, 2.45) is 0 Å². The van der Waals surface area contributed by atoms with Gasteiger partial charge in [-0.1, -0.05) is 18.2 Å². The number of pyridine rings is 1. The van der Waals surface area contributed by atoms with Crippen molar-refractivity contribution in [2.75, 3.05) is 0 Å². The Morgan fingerprint density at radius 2 is 1.77 bits per heavy atom. The van der Waals surface area contributed by atoms with Gasteiger partial charge >= 0.3 is 6.18 Å². The fourth-order valence-electron chi connectivity index (χ4n) is 3.43. The first-order valence-electron chi connectivity index (χ1n) is 9.87. The zero-order valence-electron chi connectivity index (χ0n) is 16.4. The first-order valence-corrected chi connectivity index (χ1v) is 9.87. The second kappa shape index (κ2) is 8.75. The van der Waals surface area contributed by atoms with E-state index >= 15 is 0 Å². The Morgan fingerprint density at radius 1 is 1.03 bits per heavy atom. The summed E-state index contributed by atoms with van der Waals surface area (Å²) in [6.45, 7) is 0. The van der Waals surface area contributed by atoms with Crippen LogP contribution in [-0.2, 0) is 6.18 Å². The van der Waals surface area contributed by atoms with E-state index in [1.54, 1.807) is 0 Å². The molecule has 1 aliphatic carbocycles. The smallest absolute Gasteiger partial charge is 0.417 e. The van der Waals surface area contributed by atoms with Gasteiger partial charge in [-0.2, -0.15) is 23.1 Å². The molecule has 0 atom stereocenters. The largest absolute Gasteiger partial charge is 0.474 e. The highest BCUT2D eigenvalue weighted by Crippen LogP contribution is 2.30. The number of benzene rings is 1. The maximum absolute atomic E-state index is 12.6. The number of hydrogen-bond acceptors (Lipinski definition) is 5. The fourth-order valence-corrected chi connectivity index (χ4v) is 3.43. The molecular weight excluding hydrogens is 411 g/mol. The summed E-state index contributed by atoms with van der Waals surface area (Å²) in [5.74, 6) is -0.131. The van der Waals surface area contributed by atoms with Crippen molar-refractivity contribution in [3.63, 3.8) is 0 Å². The summed E-state index contributed by atoms with van der Waals surface area (Å²) in [6, 6.07) is 11.4. The Labute approximate surface area is 176 Å². The molecule has 0 radical (unpaired) electrons. The Morgan fingerprint density at radius 3 is 2.42 bits per heavy atom. The number of nitrogens with zero attached hydrogens (tertiary/aromatic N) is 4. The average Bonchev–Trinajstić information content (AvgIpc) is 3.26. The van der Waals surface area contributed by atoms with Crippen LogP contribution < -0.4 is 10.1 Å². The van der Waals surface area contributed by atoms with E-state index in [-0.39, 0.29) is 29.6 Å². The van der Waals surface area contributed by atoms with Crippen molar-refractivity contribution in [1.82, 2.24) is 25.3 Å². The Kier molecular flexibility index (Phi) is 5.88. The number of nitrogens with one attached hydrogen (secondary N) is 1. The van der Waals surface area contributed by atoms with Gasteiger partial charge in [0.1, 0.15) is 6.10 Å². The molecule has 1 aliphatic rings. The van der Waals surface area contributed by atoms with Crippen molar-refractivity contribution in [1.29, 1.82) is 0 Å². The highest BCUT2D eigenvalue weighted by atomic mass is 19.4. The normalized spacial score (nSPS) is 19.1. The lowest BCUT2D eigenvalue weighted by Crippen LogP contribution is -2.40. The highest BCUT2D eigenvalue weighted by Gasteiger charge is 2.31. The third-order valence-electron chi connectivity index (χ3n) is 5.07. The molecular formula is C21H20F3N5O2. The summed E-state index contributed by atoms with van der Waals surface area (Å²) >= 11 is 0. The molecule has 1 fully saturated rings. The zero-order valence-corrected chi connectivity index (χ0v) is 16.4. The van der Waals surface area contributed by atoms with Crippen LogP contribution in [0.3, 0.4) is 0 Å². The second-order valence-corrected chi connectivity index (χ2v) is 7.30. The van der Waals surface area contributed by atoms with Gasteiger partial charge in [-0.25, -0.2) is 4.98 Å². The molecule has 31 heavy (non-hydrogen) atoms. The van der Waals surface area contributed by atoms with Gasteiger partial charge in [-0.15, -0.1) is 5.10 Å². The number of hydrogen-bond donors (Lipinski definition) is 1. The summed E-state index contributed by atoms with van der Waals surface area (Å²) in [5.41, 5.74) is 0.183. The number of para-hydroxylation sites is 1. The molecule has 162 valence electrons. The molecule has 0 unspecified atom stereocenters. The van der Waals surface area contributed by atoms with E-state index < -0.39 is 11.7 Å². The number of alkyl halides is 3. The van der Waals surface area contributed by atoms with Crippen LogP contribution in [0.4, 0.5) is 13.2 Å². The van der Waals surface area contributed by atoms with Crippen LogP contribution in [0.5, 0.6) is 5.88 Å². The molecule has 0 spiro atoms. The zero-order chi connectivity index (χ0) is 21.8. The molecule has 1 amide bonds. The minimum atomic E-state index is -4.42. The van der Waals surface area contributed by atoms with Crippen LogP contribution >= 0.6 is 0 Å². The molecule has 1 saturated carbocycles. The molecule has 10 heteroatoms. The van der Waals surface area contributed by atoms with Crippen LogP contribution in [0.15, 0.2) is 54.9 Å². The van der Waals surface area contributed by atoms with Gasteiger partial charge in [0.15, 0.2) is 5.69 Å². The minimum Gasteiger partial charge on any atom is -0.474 e. The predicted molar refractivity (Wildman–Crippen MR) is 105 cm³/mol. The molecule has 3 aromatic rings. The number of ether oxygens (including phenoxy) is 1. The minimum absolute atomic E-state index is 0.0326. The highest BCUT2D eigenvalue weighted by molar-refractivity contribution is 5.92. The lowest BCUT2D eigenvalue weighted by atomic mass is 9.93. The van der Waals surface area contributed by atoms with Gasteiger partial charge in [0.2, 0.25) is 5.88 Å². The predicted octanol–water partition coefficient (Wildman–Crippen LogP) is 3.80. The van der Waals surface area contributed by atoms with Gasteiger partial charge in [0.05, 0.1) is 17.4 Å². The van der Waals surface area contributed by atoms with Gasteiger partial charge in [-0.3, -0.25) is 4.79 Å². The number of rotatable bonds is 5. The number of amides is 1. The van der Waals surface area contributed by atoms with E-state index in [2.05, 4.69) is 20.5 Å². The van der Waals surface area contributed by atoms with Crippen molar-refractivity contribution in [3.8, 4) is 11.6 Å². The molecule has 1 N–H and O–H groups in total. The van der Waals surface area contributed by atoms with Crippen LogP contribution in [0.1, 0.15) is 41.7 Å². The van der Waals surface area contributed by atoms with Gasteiger partial charge < -0.3 is 10.1 Å². The lowest BCUT2D eigenvalue weighted by Gasteiger charge is -2.29. The van der Waals surface area contributed by atoms with Crippen LogP contribution in [-0.4, -0.2) is 38.0 Å². The SMILES string of the molecule is O=C(NC1CCC(Oc2ccc(C(F)(F)F)cn2)CC1)c1cnn(-c2ccccc2)n1. The fraction of sp³-hybridized carbons (Fsp3) is 0.333. The van der Waals surface area contributed by atoms with E-state index in [9.17, 15) is 18.0 Å². The van der Waals surface area contributed by atoms with Crippen molar-refractivity contribution in [2.45, 2.75) is 44.0 Å². The van der Waals surface area contributed by atoms with Crippen LogP contribution in [0.25, 0.3) is 5.69 Å². The third kappa shape index (κ3) is 5.19. The van der Waals surface area contributed by atoms with Gasteiger partial charge in [-0.05, 0) is 43.9 Å². The molecule has 1 aromatic carbocycles. The summed E-state index contributed by atoms with van der Waals surface area (Å²) in [7, 11) is 0. The molecule has 7 nitrogen and oxygen atoms in total. The standard InChI is InChI=1S/C21H20F3N5O2/c22-21(23,24)14-6-11-19(25-12-14)31-17-9-7-15(8-10-17)27-20(30)18-13-26-29(28-18)16-4-2-1-3-5-16/h1-6,11-13,15,17H,7-10H2,(H,27,30). The molecule has 0 saturated heterocycles. The number of aromatic nitrogens is 4. The van der Waals surface area contributed by atoms with Gasteiger partial charge in [0, 0.05) is 18.3 Å². The summed E-state index contributed by atoms with van der Waals surface area (Å²) < 4.78 is 43.5.